The molecule has 1 N–H and O–H groups in total. The molecule has 0 heterocycles. The van der Waals surface area contributed by atoms with Gasteiger partial charge in [0.2, 0.25) is 0 Å². The molecule has 0 aliphatic heterocycles. The van der Waals surface area contributed by atoms with Crippen molar-refractivity contribution in [3.8, 4) is 11.5 Å². The Hall–Kier alpha value is -0.930. The number of methoxy groups -OCH3 is 1. The molecule has 0 amide bonds. The van der Waals surface area contributed by atoms with Gasteiger partial charge in [-0.3, -0.25) is 0 Å². The van der Waals surface area contributed by atoms with Crippen molar-refractivity contribution in [3.05, 3.63) is 24.3 Å². The van der Waals surface area contributed by atoms with Crippen molar-refractivity contribution in [2.24, 2.45) is 5.92 Å². The molecule has 0 saturated heterocycles. The highest BCUT2D eigenvalue weighted by atomic mass is 35.5. The van der Waals surface area contributed by atoms with E-state index >= 15 is 0 Å². The van der Waals surface area contributed by atoms with E-state index in [9.17, 15) is 0 Å². The van der Waals surface area contributed by atoms with Gasteiger partial charge in [-0.15, -0.1) is 11.6 Å². The van der Waals surface area contributed by atoms with Gasteiger partial charge in [-0.25, -0.2) is 0 Å². The third-order valence-corrected chi connectivity index (χ3v) is 3.47. The summed E-state index contributed by atoms with van der Waals surface area (Å²) in [6.45, 7) is 4.77. The second kappa shape index (κ2) is 10.8. The zero-order chi connectivity index (χ0) is 14.6. The molecule has 0 aliphatic carbocycles. The fourth-order valence-electron chi connectivity index (χ4n) is 2.13. The molecule has 3 nitrogen and oxygen atoms in total. The number of rotatable bonds is 11. The van der Waals surface area contributed by atoms with Crippen LogP contribution >= 0.6 is 11.6 Å². The molecule has 0 saturated carbocycles. The highest BCUT2D eigenvalue weighted by Crippen LogP contribution is 2.16. The summed E-state index contributed by atoms with van der Waals surface area (Å²) in [5.74, 6) is 3.14. The van der Waals surface area contributed by atoms with Crippen LogP contribution in [0.5, 0.6) is 11.5 Å². The number of hydrogen-bond acceptors (Lipinski definition) is 3. The molecule has 0 radical (unpaired) electrons. The molecular weight excluding hydrogens is 274 g/mol. The monoisotopic (exact) mass is 299 g/mol. The average molecular weight is 300 g/mol. The maximum atomic E-state index is 5.81. The van der Waals surface area contributed by atoms with Crippen LogP contribution in [0, 0.1) is 5.92 Å². The number of ether oxygens (including phenoxy) is 2. The average Bonchev–Trinajstić information content (AvgIpc) is 2.48. The molecule has 4 heteroatoms. The van der Waals surface area contributed by atoms with Gasteiger partial charge >= 0.3 is 0 Å². The summed E-state index contributed by atoms with van der Waals surface area (Å²) < 4.78 is 10.8. The molecule has 0 aromatic heterocycles. The number of halogens is 1. The van der Waals surface area contributed by atoms with Crippen LogP contribution in [0.15, 0.2) is 24.3 Å². The second-order valence-corrected chi connectivity index (χ2v) is 5.24. The molecule has 0 fully saturated rings. The summed E-state index contributed by atoms with van der Waals surface area (Å²) in [5.41, 5.74) is 0. The largest absolute Gasteiger partial charge is 0.497 e. The van der Waals surface area contributed by atoms with Crippen LogP contribution in [-0.2, 0) is 0 Å². The SMILES string of the molecule is CCCC(CCCl)CNCCOc1ccc(OC)cc1. The van der Waals surface area contributed by atoms with Gasteiger partial charge in [0.15, 0.2) is 0 Å². The van der Waals surface area contributed by atoms with Crippen molar-refractivity contribution >= 4 is 11.6 Å². The van der Waals surface area contributed by atoms with Gasteiger partial charge in [0, 0.05) is 12.4 Å². The summed E-state index contributed by atoms with van der Waals surface area (Å²) in [4.78, 5) is 0. The van der Waals surface area contributed by atoms with E-state index in [4.69, 9.17) is 21.1 Å². The number of alkyl halides is 1. The van der Waals surface area contributed by atoms with Gasteiger partial charge in [-0.05, 0) is 49.6 Å². The van der Waals surface area contributed by atoms with E-state index < -0.39 is 0 Å². The van der Waals surface area contributed by atoms with Crippen LogP contribution < -0.4 is 14.8 Å². The first-order valence-electron chi connectivity index (χ1n) is 7.33. The lowest BCUT2D eigenvalue weighted by Gasteiger charge is -2.15. The molecule has 0 spiro atoms. The second-order valence-electron chi connectivity index (χ2n) is 4.86. The fraction of sp³-hybridized carbons (Fsp3) is 0.625. The Balaban J connectivity index is 2.14. The summed E-state index contributed by atoms with van der Waals surface area (Å²) in [6.07, 6.45) is 3.53. The molecule has 0 aliphatic rings. The third kappa shape index (κ3) is 7.01. The van der Waals surface area contributed by atoms with Gasteiger partial charge < -0.3 is 14.8 Å². The van der Waals surface area contributed by atoms with Gasteiger partial charge in [0.05, 0.1) is 7.11 Å². The first kappa shape index (κ1) is 17.1. The molecule has 1 aromatic rings. The predicted molar refractivity (Wildman–Crippen MR) is 85.1 cm³/mol. The smallest absolute Gasteiger partial charge is 0.119 e. The Kier molecular flexibility index (Phi) is 9.25. The van der Waals surface area contributed by atoms with Crippen LogP contribution in [0.1, 0.15) is 26.2 Å². The quantitative estimate of drug-likeness (QED) is 0.499. The van der Waals surface area contributed by atoms with Crippen molar-refractivity contribution in [2.45, 2.75) is 26.2 Å². The molecule has 20 heavy (non-hydrogen) atoms. The highest BCUT2D eigenvalue weighted by Gasteiger charge is 2.06. The number of benzene rings is 1. The summed E-state index contributed by atoms with van der Waals surface area (Å²) in [7, 11) is 1.66. The maximum Gasteiger partial charge on any atom is 0.119 e. The summed E-state index contributed by atoms with van der Waals surface area (Å²) >= 11 is 5.81. The Morgan fingerprint density at radius 3 is 2.45 bits per heavy atom. The normalized spacial score (nSPS) is 12.2. The lowest BCUT2D eigenvalue weighted by Crippen LogP contribution is -2.27. The lowest BCUT2D eigenvalue weighted by molar-refractivity contribution is 0.305. The highest BCUT2D eigenvalue weighted by molar-refractivity contribution is 6.17. The molecule has 114 valence electrons. The lowest BCUT2D eigenvalue weighted by atomic mass is 10.0. The minimum Gasteiger partial charge on any atom is -0.497 e. The summed E-state index contributed by atoms with van der Waals surface area (Å²) in [6, 6.07) is 7.65. The van der Waals surface area contributed by atoms with Crippen LogP contribution in [0.25, 0.3) is 0 Å². The van der Waals surface area contributed by atoms with E-state index in [2.05, 4.69) is 12.2 Å². The Morgan fingerprint density at radius 2 is 1.85 bits per heavy atom. The van der Waals surface area contributed by atoms with Crippen LogP contribution in [0.4, 0.5) is 0 Å². The van der Waals surface area contributed by atoms with E-state index in [0.717, 1.165) is 36.9 Å². The van der Waals surface area contributed by atoms with Crippen molar-refractivity contribution in [3.63, 3.8) is 0 Å². The molecular formula is C16H26ClNO2. The first-order valence-corrected chi connectivity index (χ1v) is 7.87. The van der Waals surface area contributed by atoms with Crippen molar-refractivity contribution in [1.29, 1.82) is 0 Å². The van der Waals surface area contributed by atoms with Crippen molar-refractivity contribution < 1.29 is 9.47 Å². The zero-order valence-electron chi connectivity index (χ0n) is 12.5. The third-order valence-electron chi connectivity index (χ3n) is 3.25. The molecule has 1 aromatic carbocycles. The Bertz CT molecular complexity index is 337. The Morgan fingerprint density at radius 1 is 1.15 bits per heavy atom. The van der Waals surface area contributed by atoms with E-state index in [1.54, 1.807) is 7.11 Å². The molecule has 1 atom stereocenters. The van der Waals surface area contributed by atoms with E-state index in [-0.39, 0.29) is 0 Å². The van der Waals surface area contributed by atoms with E-state index in [1.165, 1.54) is 12.8 Å². The van der Waals surface area contributed by atoms with E-state index in [0.29, 0.717) is 12.5 Å². The van der Waals surface area contributed by atoms with Crippen LogP contribution in [-0.4, -0.2) is 32.7 Å². The predicted octanol–water partition coefficient (Wildman–Crippen LogP) is 3.71. The maximum absolute atomic E-state index is 5.81. The van der Waals surface area contributed by atoms with Crippen molar-refractivity contribution in [1.82, 2.24) is 5.32 Å². The Labute approximate surface area is 127 Å². The van der Waals surface area contributed by atoms with Gasteiger partial charge in [-0.1, -0.05) is 13.3 Å². The molecule has 1 rings (SSSR count). The minimum absolute atomic E-state index is 0.673. The fourth-order valence-corrected chi connectivity index (χ4v) is 2.44. The van der Waals surface area contributed by atoms with Crippen LogP contribution in [0.2, 0.25) is 0 Å². The standard InChI is InChI=1S/C16H26ClNO2/c1-3-4-14(9-10-17)13-18-11-12-20-16-7-5-15(19-2)6-8-16/h5-8,14,18H,3-4,9-13H2,1-2H3. The van der Waals surface area contributed by atoms with Crippen LogP contribution in [0.3, 0.4) is 0 Å². The number of nitrogens with one attached hydrogen (secondary N) is 1. The molecule has 0 bridgehead atoms. The summed E-state index contributed by atoms with van der Waals surface area (Å²) in [5, 5.41) is 3.44. The first-order chi connectivity index (χ1) is 9.80. The minimum atomic E-state index is 0.673. The van der Waals surface area contributed by atoms with Gasteiger partial charge in [-0.2, -0.15) is 0 Å². The van der Waals surface area contributed by atoms with E-state index in [1.807, 2.05) is 24.3 Å². The zero-order valence-corrected chi connectivity index (χ0v) is 13.3. The topological polar surface area (TPSA) is 30.5 Å². The molecule has 1 unspecified atom stereocenters. The van der Waals surface area contributed by atoms with Gasteiger partial charge in [0.1, 0.15) is 18.1 Å². The van der Waals surface area contributed by atoms with Gasteiger partial charge in [0.25, 0.3) is 0 Å². The van der Waals surface area contributed by atoms with Crippen molar-refractivity contribution in [2.75, 3.05) is 32.7 Å². The number of hydrogen-bond donors (Lipinski definition) is 1.